The van der Waals surface area contributed by atoms with Gasteiger partial charge in [0.15, 0.2) is 0 Å². The maximum absolute atomic E-state index is 6.09. The first-order valence-electron chi connectivity index (χ1n) is 5.55. The van der Waals surface area contributed by atoms with Gasteiger partial charge in [-0.3, -0.25) is 0 Å². The van der Waals surface area contributed by atoms with Crippen molar-refractivity contribution in [2.45, 2.75) is 25.3 Å². The molecule has 80 valence electrons. The normalized spacial score (nSPS) is 28.7. The fourth-order valence-electron chi connectivity index (χ4n) is 3.01. The van der Waals surface area contributed by atoms with E-state index in [1.807, 2.05) is 0 Å². The molecule has 2 bridgehead atoms. The van der Waals surface area contributed by atoms with Crippen LogP contribution < -0.4 is 10.6 Å². The van der Waals surface area contributed by atoms with Crippen molar-refractivity contribution in [1.82, 2.24) is 0 Å². The molecule has 3 heteroatoms. The second-order valence-corrected chi connectivity index (χ2v) is 5.93. The summed E-state index contributed by atoms with van der Waals surface area (Å²) in [6, 6.07) is 7.16. The Hall–Kier alpha value is -0.450. The summed E-state index contributed by atoms with van der Waals surface area (Å²) in [5.74, 6) is 0.925. The van der Waals surface area contributed by atoms with Crippen LogP contribution in [0.25, 0.3) is 0 Å². The number of hydrogen-bond acceptors (Lipinski definition) is 2. The number of halogens is 1. The van der Waals surface area contributed by atoms with Crippen molar-refractivity contribution in [2.24, 2.45) is 5.92 Å². The van der Waals surface area contributed by atoms with E-state index < -0.39 is 0 Å². The number of benzene rings is 1. The van der Waals surface area contributed by atoms with E-state index in [0.29, 0.717) is 0 Å². The lowest BCUT2D eigenvalue weighted by Crippen LogP contribution is -2.32. The van der Waals surface area contributed by atoms with Crippen LogP contribution in [-0.2, 0) is 0 Å². The highest BCUT2D eigenvalue weighted by Crippen LogP contribution is 2.41. The SMILES string of the molecule is Nc1cc(I)ccc1N1CC2CCC1C2. The fourth-order valence-corrected chi connectivity index (χ4v) is 3.52. The molecule has 2 aliphatic rings. The number of hydrogen-bond donors (Lipinski definition) is 1. The van der Waals surface area contributed by atoms with Gasteiger partial charge in [-0.05, 0) is 66.0 Å². The van der Waals surface area contributed by atoms with E-state index in [4.69, 9.17) is 5.73 Å². The molecule has 1 aliphatic carbocycles. The Morgan fingerprint density at radius 3 is 2.80 bits per heavy atom. The Kier molecular flexibility index (Phi) is 2.30. The lowest BCUT2D eigenvalue weighted by atomic mass is 10.1. The van der Waals surface area contributed by atoms with Gasteiger partial charge in [-0.2, -0.15) is 0 Å². The van der Waals surface area contributed by atoms with E-state index in [1.165, 1.54) is 35.1 Å². The molecule has 0 amide bonds. The second kappa shape index (κ2) is 3.54. The molecule has 1 saturated heterocycles. The third-order valence-corrected chi connectivity index (χ3v) is 4.38. The number of nitrogens with two attached hydrogens (primary N) is 1. The molecule has 3 rings (SSSR count). The van der Waals surface area contributed by atoms with Crippen LogP contribution in [0.3, 0.4) is 0 Å². The second-order valence-electron chi connectivity index (χ2n) is 4.69. The monoisotopic (exact) mass is 314 g/mol. The topological polar surface area (TPSA) is 29.3 Å². The average molecular weight is 314 g/mol. The molecule has 1 saturated carbocycles. The molecule has 0 radical (unpaired) electrons. The first-order chi connectivity index (χ1) is 7.24. The minimum absolute atomic E-state index is 0.761. The number of piperidine rings is 1. The summed E-state index contributed by atoms with van der Waals surface area (Å²) in [5, 5.41) is 0. The largest absolute Gasteiger partial charge is 0.397 e. The highest BCUT2D eigenvalue weighted by Gasteiger charge is 2.38. The van der Waals surface area contributed by atoms with Crippen LogP contribution in [0.1, 0.15) is 19.3 Å². The van der Waals surface area contributed by atoms with E-state index in [1.54, 1.807) is 0 Å². The molecule has 0 spiro atoms. The van der Waals surface area contributed by atoms with Gasteiger partial charge in [0, 0.05) is 16.2 Å². The predicted molar refractivity (Wildman–Crippen MR) is 72.0 cm³/mol. The molecular weight excluding hydrogens is 299 g/mol. The molecular formula is C12H15IN2. The van der Waals surface area contributed by atoms with Crippen molar-refractivity contribution in [3.05, 3.63) is 21.8 Å². The van der Waals surface area contributed by atoms with Gasteiger partial charge in [-0.15, -0.1) is 0 Å². The molecule has 2 nitrogen and oxygen atoms in total. The molecule has 2 atom stereocenters. The molecule has 1 aliphatic heterocycles. The molecule has 1 aromatic carbocycles. The summed E-state index contributed by atoms with van der Waals surface area (Å²) in [6.07, 6.45) is 4.16. The van der Waals surface area contributed by atoms with Gasteiger partial charge in [0.2, 0.25) is 0 Å². The van der Waals surface area contributed by atoms with Gasteiger partial charge in [-0.25, -0.2) is 0 Å². The molecule has 0 aromatic heterocycles. The highest BCUT2D eigenvalue weighted by molar-refractivity contribution is 14.1. The van der Waals surface area contributed by atoms with E-state index in [2.05, 4.69) is 45.7 Å². The Morgan fingerprint density at radius 2 is 2.20 bits per heavy atom. The molecule has 1 aromatic rings. The van der Waals surface area contributed by atoms with E-state index >= 15 is 0 Å². The molecule has 2 N–H and O–H groups in total. The van der Waals surface area contributed by atoms with Gasteiger partial charge in [0.05, 0.1) is 11.4 Å². The summed E-state index contributed by atoms with van der Waals surface area (Å²) >= 11 is 2.31. The highest BCUT2D eigenvalue weighted by atomic mass is 127. The minimum atomic E-state index is 0.761. The van der Waals surface area contributed by atoms with Crippen molar-refractivity contribution in [2.75, 3.05) is 17.2 Å². The third-order valence-electron chi connectivity index (χ3n) is 3.71. The number of nitrogens with zero attached hydrogens (tertiary/aromatic N) is 1. The number of anilines is 2. The lowest BCUT2D eigenvalue weighted by Gasteiger charge is -2.30. The van der Waals surface area contributed by atoms with Crippen LogP contribution in [0.4, 0.5) is 11.4 Å². The molecule has 15 heavy (non-hydrogen) atoms. The molecule has 2 unspecified atom stereocenters. The third kappa shape index (κ3) is 1.61. The van der Waals surface area contributed by atoms with Gasteiger partial charge in [0.25, 0.3) is 0 Å². The van der Waals surface area contributed by atoms with Crippen molar-refractivity contribution in [3.8, 4) is 0 Å². The van der Waals surface area contributed by atoms with Crippen LogP contribution in [0.2, 0.25) is 0 Å². The predicted octanol–water partition coefficient (Wildman–Crippen LogP) is 2.86. The number of nitrogen functional groups attached to an aromatic ring is 1. The van der Waals surface area contributed by atoms with Crippen LogP contribution in [0, 0.1) is 9.49 Å². The summed E-state index contributed by atoms with van der Waals surface area (Å²) in [5.41, 5.74) is 8.28. The Balaban J connectivity index is 1.93. The van der Waals surface area contributed by atoms with E-state index in [0.717, 1.165) is 17.6 Å². The maximum Gasteiger partial charge on any atom is 0.0603 e. The summed E-state index contributed by atoms with van der Waals surface area (Å²) in [7, 11) is 0. The van der Waals surface area contributed by atoms with Gasteiger partial charge in [-0.1, -0.05) is 0 Å². The summed E-state index contributed by atoms with van der Waals surface area (Å²) in [4.78, 5) is 2.51. The van der Waals surface area contributed by atoms with Crippen molar-refractivity contribution in [1.29, 1.82) is 0 Å². The van der Waals surface area contributed by atoms with Crippen LogP contribution in [-0.4, -0.2) is 12.6 Å². The van der Waals surface area contributed by atoms with E-state index in [-0.39, 0.29) is 0 Å². The van der Waals surface area contributed by atoms with Crippen molar-refractivity contribution in [3.63, 3.8) is 0 Å². The maximum atomic E-state index is 6.09. The first kappa shape index (κ1) is 9.75. The Labute approximate surface area is 104 Å². The van der Waals surface area contributed by atoms with E-state index in [9.17, 15) is 0 Å². The van der Waals surface area contributed by atoms with Crippen molar-refractivity contribution >= 4 is 34.0 Å². The fraction of sp³-hybridized carbons (Fsp3) is 0.500. The van der Waals surface area contributed by atoms with Crippen LogP contribution >= 0.6 is 22.6 Å². The molecule has 2 fully saturated rings. The Morgan fingerprint density at radius 1 is 1.33 bits per heavy atom. The first-order valence-corrected chi connectivity index (χ1v) is 6.63. The number of fused-ring (bicyclic) bond motifs is 2. The standard InChI is InChI=1S/C12H15IN2/c13-9-2-4-12(11(14)6-9)15-7-8-1-3-10(15)5-8/h2,4,6,8,10H,1,3,5,7,14H2. The average Bonchev–Trinajstić information content (AvgIpc) is 2.78. The zero-order chi connectivity index (χ0) is 10.4. The van der Waals surface area contributed by atoms with Crippen molar-refractivity contribution < 1.29 is 0 Å². The lowest BCUT2D eigenvalue weighted by molar-refractivity contribution is 0.554. The van der Waals surface area contributed by atoms with Gasteiger partial charge in [0.1, 0.15) is 0 Å². The van der Waals surface area contributed by atoms with Gasteiger partial charge < -0.3 is 10.6 Å². The van der Waals surface area contributed by atoms with Crippen LogP contribution in [0.5, 0.6) is 0 Å². The van der Waals surface area contributed by atoms with Crippen LogP contribution in [0.15, 0.2) is 18.2 Å². The quantitative estimate of drug-likeness (QED) is 0.638. The number of rotatable bonds is 1. The molecule has 1 heterocycles. The van der Waals surface area contributed by atoms with Gasteiger partial charge >= 0.3 is 0 Å². The summed E-state index contributed by atoms with van der Waals surface area (Å²) in [6.45, 7) is 1.22. The zero-order valence-electron chi connectivity index (χ0n) is 8.62. The smallest absolute Gasteiger partial charge is 0.0603 e. The minimum Gasteiger partial charge on any atom is -0.397 e. The zero-order valence-corrected chi connectivity index (χ0v) is 10.8. The Bertz CT molecular complexity index is 391. The summed E-state index contributed by atoms with van der Waals surface area (Å²) < 4.78 is 1.22.